The van der Waals surface area contributed by atoms with Crippen LogP contribution in [0, 0.1) is 11.8 Å². The number of guanidine groups is 1. The minimum absolute atomic E-state index is 0. The van der Waals surface area contributed by atoms with Crippen LogP contribution in [-0.4, -0.2) is 24.1 Å². The van der Waals surface area contributed by atoms with E-state index in [1.54, 1.807) is 6.20 Å². The Kier molecular flexibility index (Phi) is 11.3. The van der Waals surface area contributed by atoms with Gasteiger partial charge in [-0.1, -0.05) is 39.3 Å². The number of rotatable bonds is 8. The van der Waals surface area contributed by atoms with Crippen LogP contribution in [0.2, 0.25) is 5.02 Å². The Morgan fingerprint density at radius 3 is 2.61 bits per heavy atom. The maximum absolute atomic E-state index is 6.16. The molecule has 1 aromatic heterocycles. The molecule has 0 aliphatic carbocycles. The molecule has 0 saturated heterocycles. The third kappa shape index (κ3) is 9.86. The predicted molar refractivity (Wildman–Crippen MR) is 108 cm³/mol. The van der Waals surface area contributed by atoms with Gasteiger partial charge in [-0.3, -0.25) is 0 Å². The van der Waals surface area contributed by atoms with Crippen molar-refractivity contribution in [3.8, 4) is 5.88 Å². The van der Waals surface area contributed by atoms with Gasteiger partial charge in [-0.15, -0.1) is 24.0 Å². The molecular formula is C16H28ClIN4O. The molecule has 0 saturated carbocycles. The van der Waals surface area contributed by atoms with E-state index in [4.69, 9.17) is 22.1 Å². The van der Waals surface area contributed by atoms with Gasteiger partial charge < -0.3 is 15.8 Å². The molecule has 0 aromatic carbocycles. The summed E-state index contributed by atoms with van der Waals surface area (Å²) >= 11 is 6.16. The van der Waals surface area contributed by atoms with E-state index in [1.165, 1.54) is 0 Å². The third-order valence-electron chi connectivity index (χ3n) is 2.88. The molecule has 0 bridgehead atoms. The molecule has 1 aromatic rings. The fourth-order valence-corrected chi connectivity index (χ4v) is 1.87. The lowest BCUT2D eigenvalue weighted by Gasteiger charge is -2.10. The van der Waals surface area contributed by atoms with Crippen LogP contribution in [-0.2, 0) is 6.54 Å². The Bertz CT molecular complexity index is 495. The smallest absolute Gasteiger partial charge is 0.232 e. The van der Waals surface area contributed by atoms with Crippen LogP contribution in [0.4, 0.5) is 0 Å². The Morgan fingerprint density at radius 1 is 1.35 bits per heavy atom. The van der Waals surface area contributed by atoms with Crippen LogP contribution in [0.5, 0.6) is 5.88 Å². The first-order chi connectivity index (χ1) is 10.4. The molecule has 0 fully saturated rings. The maximum atomic E-state index is 6.16. The molecule has 0 aliphatic rings. The van der Waals surface area contributed by atoms with Crippen molar-refractivity contribution in [1.29, 1.82) is 0 Å². The summed E-state index contributed by atoms with van der Waals surface area (Å²) in [5.74, 6) is 1.98. The predicted octanol–water partition coefficient (Wildman–Crippen LogP) is 3.84. The number of halogens is 2. The molecule has 0 unspecified atom stereocenters. The highest BCUT2D eigenvalue weighted by Crippen LogP contribution is 2.23. The highest BCUT2D eigenvalue weighted by atomic mass is 127. The molecule has 23 heavy (non-hydrogen) atoms. The van der Waals surface area contributed by atoms with Crippen LogP contribution < -0.4 is 15.8 Å². The minimum Gasteiger partial charge on any atom is -0.476 e. The van der Waals surface area contributed by atoms with E-state index in [9.17, 15) is 0 Å². The molecule has 1 heterocycles. The minimum atomic E-state index is 0. The zero-order valence-electron chi connectivity index (χ0n) is 14.3. The summed E-state index contributed by atoms with van der Waals surface area (Å²) in [5, 5.41) is 3.59. The van der Waals surface area contributed by atoms with Gasteiger partial charge in [0.15, 0.2) is 5.96 Å². The molecule has 5 nitrogen and oxygen atoms in total. The van der Waals surface area contributed by atoms with Crippen LogP contribution in [0.25, 0.3) is 0 Å². The van der Waals surface area contributed by atoms with E-state index in [0.717, 1.165) is 18.5 Å². The van der Waals surface area contributed by atoms with Crippen molar-refractivity contribution in [3.63, 3.8) is 0 Å². The number of aliphatic imine (C=N–C) groups is 1. The molecule has 0 radical (unpaired) electrons. The number of nitrogens with zero attached hydrogens (tertiary/aromatic N) is 2. The number of pyridine rings is 1. The average Bonchev–Trinajstić information content (AvgIpc) is 2.43. The van der Waals surface area contributed by atoms with Crippen molar-refractivity contribution in [1.82, 2.24) is 10.3 Å². The lowest BCUT2D eigenvalue weighted by atomic mass is 10.1. The number of hydrogen-bond acceptors (Lipinski definition) is 3. The van der Waals surface area contributed by atoms with E-state index in [-0.39, 0.29) is 24.0 Å². The molecule has 132 valence electrons. The van der Waals surface area contributed by atoms with E-state index >= 15 is 0 Å². The van der Waals surface area contributed by atoms with Crippen molar-refractivity contribution in [2.75, 3.05) is 13.2 Å². The zero-order valence-corrected chi connectivity index (χ0v) is 17.4. The zero-order chi connectivity index (χ0) is 16.5. The van der Waals surface area contributed by atoms with Crippen molar-refractivity contribution in [2.24, 2.45) is 22.6 Å². The molecule has 0 aliphatic heterocycles. The Hall–Kier alpha value is -0.760. The quantitative estimate of drug-likeness (QED) is 0.356. The van der Waals surface area contributed by atoms with E-state index < -0.39 is 0 Å². The Balaban J connectivity index is 0.00000484. The van der Waals surface area contributed by atoms with Crippen molar-refractivity contribution >= 4 is 41.5 Å². The van der Waals surface area contributed by atoms with E-state index in [0.29, 0.717) is 41.8 Å². The summed E-state index contributed by atoms with van der Waals surface area (Å²) < 4.78 is 5.54. The number of nitrogens with two attached hydrogens (primary N) is 1. The molecule has 3 N–H and O–H groups in total. The average molecular weight is 455 g/mol. The van der Waals surface area contributed by atoms with Crippen LogP contribution in [0.3, 0.4) is 0 Å². The van der Waals surface area contributed by atoms with Gasteiger partial charge in [0.05, 0.1) is 13.2 Å². The SMILES string of the molecule is CC(C)CCNC(N)=NCc1cnc(OCC(C)C)c(Cl)c1.I. The second-order valence-electron chi connectivity index (χ2n) is 6.15. The summed E-state index contributed by atoms with van der Waals surface area (Å²) in [6.07, 6.45) is 2.78. The summed E-state index contributed by atoms with van der Waals surface area (Å²) in [5.41, 5.74) is 6.72. The van der Waals surface area contributed by atoms with Gasteiger partial charge in [-0.05, 0) is 29.9 Å². The van der Waals surface area contributed by atoms with Crippen LogP contribution >= 0.6 is 35.6 Å². The third-order valence-corrected chi connectivity index (χ3v) is 3.15. The lowest BCUT2D eigenvalue weighted by molar-refractivity contribution is 0.261. The number of hydrogen-bond donors (Lipinski definition) is 2. The second kappa shape index (κ2) is 11.7. The van der Waals surface area contributed by atoms with Crippen molar-refractivity contribution < 1.29 is 4.74 Å². The molecule has 0 amide bonds. The number of aromatic nitrogens is 1. The number of nitrogens with one attached hydrogen (secondary N) is 1. The topological polar surface area (TPSA) is 72.5 Å². The van der Waals surface area contributed by atoms with Gasteiger partial charge in [-0.25, -0.2) is 9.98 Å². The second-order valence-corrected chi connectivity index (χ2v) is 6.55. The summed E-state index contributed by atoms with van der Waals surface area (Å²) in [7, 11) is 0. The first-order valence-corrected chi connectivity index (χ1v) is 8.07. The first kappa shape index (κ1) is 22.2. The van der Waals surface area contributed by atoms with Gasteiger partial charge in [0.2, 0.25) is 5.88 Å². The highest BCUT2D eigenvalue weighted by Gasteiger charge is 2.06. The van der Waals surface area contributed by atoms with Crippen LogP contribution in [0.15, 0.2) is 17.3 Å². The van der Waals surface area contributed by atoms with Crippen molar-refractivity contribution in [2.45, 2.75) is 40.7 Å². The van der Waals surface area contributed by atoms with Gasteiger partial charge in [0, 0.05) is 12.7 Å². The van der Waals surface area contributed by atoms with Crippen molar-refractivity contribution in [3.05, 3.63) is 22.8 Å². The standard InChI is InChI=1S/C16H27ClN4O.HI/c1-11(2)5-6-19-16(18)21-9-13-7-14(17)15(20-8-13)22-10-12(3)4;/h7-8,11-12H,5-6,9-10H2,1-4H3,(H3,18,19,21);1H. The Morgan fingerprint density at radius 2 is 2.04 bits per heavy atom. The normalized spacial score (nSPS) is 11.5. The molecule has 7 heteroatoms. The maximum Gasteiger partial charge on any atom is 0.232 e. The largest absolute Gasteiger partial charge is 0.476 e. The number of ether oxygens (including phenoxy) is 1. The monoisotopic (exact) mass is 454 g/mol. The van der Waals surface area contributed by atoms with E-state index in [2.05, 4.69) is 43.0 Å². The van der Waals surface area contributed by atoms with Gasteiger partial charge >= 0.3 is 0 Å². The molecule has 0 atom stereocenters. The summed E-state index contributed by atoms with van der Waals surface area (Å²) in [4.78, 5) is 8.51. The summed E-state index contributed by atoms with van der Waals surface area (Å²) in [6, 6.07) is 1.81. The van der Waals surface area contributed by atoms with Gasteiger partial charge in [0.1, 0.15) is 5.02 Å². The first-order valence-electron chi connectivity index (χ1n) is 7.69. The van der Waals surface area contributed by atoms with Gasteiger partial charge in [-0.2, -0.15) is 0 Å². The molecule has 1 rings (SSSR count). The lowest BCUT2D eigenvalue weighted by Crippen LogP contribution is -2.32. The fourth-order valence-electron chi connectivity index (χ4n) is 1.62. The van der Waals surface area contributed by atoms with Crippen LogP contribution in [0.1, 0.15) is 39.7 Å². The Labute approximate surface area is 161 Å². The molecular weight excluding hydrogens is 427 g/mol. The summed E-state index contributed by atoms with van der Waals surface area (Å²) in [6.45, 7) is 10.4. The highest BCUT2D eigenvalue weighted by molar-refractivity contribution is 14.0. The van der Waals surface area contributed by atoms with Gasteiger partial charge in [0.25, 0.3) is 0 Å². The van der Waals surface area contributed by atoms with E-state index in [1.807, 2.05) is 6.07 Å². The fraction of sp³-hybridized carbons (Fsp3) is 0.625. The molecule has 0 spiro atoms.